The molecule has 5 heteroatoms. The monoisotopic (exact) mass is 534 g/mol. The summed E-state index contributed by atoms with van der Waals surface area (Å²) in [6.45, 7) is 0.165. The Morgan fingerprint density at radius 3 is 2.82 bits per heavy atom. The van der Waals surface area contributed by atoms with Crippen LogP contribution in [0.1, 0.15) is 12.8 Å². The number of carbonyl (C=O) groups excluding carboxylic acids is 1. The van der Waals surface area contributed by atoms with Crippen LogP contribution >= 0.6 is 15.9 Å². The zero-order valence-corrected chi connectivity index (χ0v) is 16.0. The minimum absolute atomic E-state index is 0. The summed E-state index contributed by atoms with van der Waals surface area (Å²) in [6, 6.07) is 17.2. The average molecular weight is 533 g/mol. The predicted molar refractivity (Wildman–Crippen MR) is 87.5 cm³/mol. The molecular weight excluding hydrogens is 518 g/mol. The van der Waals surface area contributed by atoms with E-state index in [-0.39, 0.29) is 32.2 Å². The van der Waals surface area contributed by atoms with Gasteiger partial charge in [-0.05, 0) is 19.4 Å². The van der Waals surface area contributed by atoms with Crippen LogP contribution in [0.4, 0.5) is 5.69 Å². The van der Waals surface area contributed by atoms with Crippen molar-refractivity contribution in [3.8, 4) is 11.1 Å². The van der Waals surface area contributed by atoms with Crippen LogP contribution < -0.4 is 5.32 Å². The number of halogens is 1. The molecule has 0 saturated heterocycles. The van der Waals surface area contributed by atoms with Gasteiger partial charge in [0.05, 0.1) is 0 Å². The van der Waals surface area contributed by atoms with E-state index >= 15 is 0 Å². The van der Waals surface area contributed by atoms with E-state index in [2.05, 4.69) is 32.6 Å². The van der Waals surface area contributed by atoms with Crippen LogP contribution in [-0.4, -0.2) is 18.5 Å². The summed E-state index contributed by atoms with van der Waals surface area (Å²) in [5.41, 5.74) is 2.76. The Labute approximate surface area is 152 Å². The molecule has 1 amide bonds. The SMILES string of the molecule is O=C(C[N-]c1ccc(Br)cc1-c1[c-]cccc1)NC1CC1.[Os+2]. The summed E-state index contributed by atoms with van der Waals surface area (Å²) in [6.07, 6.45) is 2.18. The van der Waals surface area contributed by atoms with Gasteiger partial charge in [-0.25, -0.2) is 0 Å². The molecule has 0 aliphatic heterocycles. The second-order valence-electron chi connectivity index (χ2n) is 5.10. The van der Waals surface area contributed by atoms with Gasteiger partial charge < -0.3 is 10.6 Å². The van der Waals surface area contributed by atoms with E-state index in [1.54, 1.807) is 0 Å². The molecule has 1 fully saturated rings. The molecule has 0 spiro atoms. The van der Waals surface area contributed by atoms with Crippen molar-refractivity contribution in [2.45, 2.75) is 18.9 Å². The average Bonchev–Trinajstić information content (AvgIpc) is 3.31. The molecule has 3 rings (SSSR count). The molecule has 1 N–H and O–H groups in total. The maximum absolute atomic E-state index is 11.8. The number of rotatable bonds is 5. The number of nitrogens with zero attached hydrogens (tertiary/aromatic N) is 1. The molecule has 0 bridgehead atoms. The van der Waals surface area contributed by atoms with Gasteiger partial charge in [-0.3, -0.25) is 4.79 Å². The number of amides is 1. The third kappa shape index (κ3) is 4.66. The zero-order chi connectivity index (χ0) is 14.7. The second-order valence-corrected chi connectivity index (χ2v) is 6.01. The molecule has 3 nitrogen and oxygen atoms in total. The van der Waals surface area contributed by atoms with Gasteiger partial charge in [-0.15, -0.1) is 41.5 Å². The molecule has 1 saturated carbocycles. The van der Waals surface area contributed by atoms with Crippen LogP contribution in [0.5, 0.6) is 0 Å². The van der Waals surface area contributed by atoms with Crippen LogP contribution in [0.2, 0.25) is 0 Å². The van der Waals surface area contributed by atoms with Gasteiger partial charge in [0.25, 0.3) is 0 Å². The first-order valence-corrected chi connectivity index (χ1v) is 7.75. The summed E-state index contributed by atoms with van der Waals surface area (Å²) < 4.78 is 0.983. The first kappa shape index (κ1) is 17.2. The Balaban J connectivity index is 0.00000176. The standard InChI is InChI=1S/C17H15BrN2O.Os/c18-13-6-9-16(19-11-17(21)20-14-7-8-14)15(10-13)12-4-2-1-3-5-12;/h1-4,6,9-10,14H,7-8,11H2,(H,20,21);/q-2;+2. The number of hydrogen-bond acceptors (Lipinski definition) is 1. The minimum atomic E-state index is -0.0107. The normalized spacial score (nSPS) is 13.1. The van der Waals surface area contributed by atoms with Crippen LogP contribution in [0.15, 0.2) is 46.9 Å². The van der Waals surface area contributed by atoms with Crippen molar-refractivity contribution >= 4 is 27.5 Å². The molecule has 0 aromatic heterocycles. The summed E-state index contributed by atoms with van der Waals surface area (Å²) in [4.78, 5) is 11.8. The molecule has 0 heterocycles. The van der Waals surface area contributed by atoms with Gasteiger partial charge in [-0.2, -0.15) is 5.69 Å². The van der Waals surface area contributed by atoms with E-state index in [1.165, 1.54) is 0 Å². The van der Waals surface area contributed by atoms with Gasteiger partial charge in [0.1, 0.15) is 0 Å². The van der Waals surface area contributed by atoms with Crippen LogP contribution in [0.3, 0.4) is 0 Å². The van der Waals surface area contributed by atoms with Gasteiger partial charge in [0.15, 0.2) is 0 Å². The van der Waals surface area contributed by atoms with Gasteiger partial charge in [0, 0.05) is 10.5 Å². The number of carbonyl (C=O) groups is 1. The summed E-state index contributed by atoms with van der Waals surface area (Å²) >= 11 is 3.48. The van der Waals surface area contributed by atoms with E-state index < -0.39 is 0 Å². The Morgan fingerprint density at radius 2 is 2.14 bits per heavy atom. The molecule has 2 aromatic carbocycles. The zero-order valence-electron chi connectivity index (χ0n) is 11.8. The topological polar surface area (TPSA) is 43.2 Å². The van der Waals surface area contributed by atoms with Gasteiger partial charge in [0.2, 0.25) is 5.91 Å². The molecule has 0 atom stereocenters. The summed E-state index contributed by atoms with van der Waals surface area (Å²) in [5, 5.41) is 7.40. The van der Waals surface area contributed by atoms with E-state index in [0.29, 0.717) is 6.04 Å². The molecule has 114 valence electrons. The fourth-order valence-corrected chi connectivity index (χ4v) is 2.44. The van der Waals surface area contributed by atoms with Crippen molar-refractivity contribution in [1.82, 2.24) is 5.32 Å². The van der Waals surface area contributed by atoms with Crippen LogP contribution in [0, 0.1) is 6.07 Å². The molecule has 1 aliphatic rings. The Kier molecular flexibility index (Phi) is 6.17. The van der Waals surface area contributed by atoms with Gasteiger partial charge in [-0.1, -0.05) is 34.1 Å². The Bertz CT molecular complexity index is 644. The molecule has 0 radical (unpaired) electrons. The maximum atomic E-state index is 11.8. The Morgan fingerprint density at radius 1 is 1.32 bits per heavy atom. The van der Waals surface area contributed by atoms with Crippen molar-refractivity contribution in [2.75, 3.05) is 6.54 Å². The fourth-order valence-electron chi connectivity index (χ4n) is 2.08. The van der Waals surface area contributed by atoms with Crippen molar-refractivity contribution in [3.63, 3.8) is 0 Å². The molecular formula is C17H15BrN2OOs. The first-order chi connectivity index (χ1) is 10.2. The molecule has 1 aliphatic carbocycles. The molecule has 0 unspecified atom stereocenters. The third-order valence-electron chi connectivity index (χ3n) is 3.29. The Hall–Kier alpha value is -1.17. The molecule has 22 heavy (non-hydrogen) atoms. The third-order valence-corrected chi connectivity index (χ3v) is 3.79. The van der Waals surface area contributed by atoms with Crippen molar-refractivity contribution in [2.24, 2.45) is 0 Å². The second kappa shape index (κ2) is 7.90. The van der Waals surface area contributed by atoms with Crippen molar-refractivity contribution < 1.29 is 24.6 Å². The smallest absolute Gasteiger partial charge is 0.684 e. The van der Waals surface area contributed by atoms with Crippen LogP contribution in [0.25, 0.3) is 16.4 Å². The van der Waals surface area contributed by atoms with E-state index in [4.69, 9.17) is 0 Å². The first-order valence-electron chi connectivity index (χ1n) is 6.96. The number of hydrogen-bond donors (Lipinski definition) is 1. The van der Waals surface area contributed by atoms with E-state index in [0.717, 1.165) is 34.1 Å². The van der Waals surface area contributed by atoms with Crippen molar-refractivity contribution in [3.05, 3.63) is 58.3 Å². The number of benzene rings is 2. The minimum Gasteiger partial charge on any atom is -0.684 e. The summed E-state index contributed by atoms with van der Waals surface area (Å²) in [5.74, 6) is -0.0107. The maximum Gasteiger partial charge on any atom is 2.00 e. The largest absolute Gasteiger partial charge is 2.00 e. The van der Waals surface area contributed by atoms with Crippen LogP contribution in [-0.2, 0) is 24.6 Å². The molecule has 2 aromatic rings. The number of nitrogens with one attached hydrogen (secondary N) is 1. The van der Waals surface area contributed by atoms with Crippen molar-refractivity contribution in [1.29, 1.82) is 0 Å². The van der Waals surface area contributed by atoms with Gasteiger partial charge >= 0.3 is 19.8 Å². The van der Waals surface area contributed by atoms with E-state index in [1.807, 2.05) is 42.5 Å². The quantitative estimate of drug-likeness (QED) is 0.576. The predicted octanol–water partition coefficient (Wildman–Crippen LogP) is 4.20. The fraction of sp³-hybridized carbons (Fsp3) is 0.235. The summed E-state index contributed by atoms with van der Waals surface area (Å²) in [7, 11) is 0. The van der Waals surface area contributed by atoms with E-state index in [9.17, 15) is 4.79 Å².